The first-order valence-electron chi connectivity index (χ1n) is 8.58. The number of hydrogen-bond donors (Lipinski definition) is 3. The van der Waals surface area contributed by atoms with Gasteiger partial charge in [0.1, 0.15) is 0 Å². The maximum atomic E-state index is 12.3. The molecule has 1 saturated carbocycles. The summed E-state index contributed by atoms with van der Waals surface area (Å²) in [5.41, 5.74) is 7.11. The van der Waals surface area contributed by atoms with E-state index in [1.165, 1.54) is 6.26 Å². The first-order chi connectivity index (χ1) is 12.1. The van der Waals surface area contributed by atoms with Gasteiger partial charge in [0, 0.05) is 12.2 Å². The number of hydrogen-bond acceptors (Lipinski definition) is 4. The van der Waals surface area contributed by atoms with E-state index in [2.05, 4.69) is 10.6 Å². The highest BCUT2D eigenvalue weighted by molar-refractivity contribution is 6.02. The number of halogens is 1. The second-order valence-electron chi connectivity index (χ2n) is 6.53. The number of benzene rings is 1. The Morgan fingerprint density at radius 2 is 1.77 bits per heavy atom. The molecular weight excluding hydrogens is 354 g/mol. The van der Waals surface area contributed by atoms with Gasteiger partial charge in [-0.05, 0) is 42.7 Å². The summed E-state index contributed by atoms with van der Waals surface area (Å²) in [4.78, 5) is 24.2. The molecule has 1 aliphatic rings. The summed E-state index contributed by atoms with van der Waals surface area (Å²) in [7, 11) is 0. The molecule has 2 aromatic rings. The van der Waals surface area contributed by atoms with Gasteiger partial charge in [-0.3, -0.25) is 9.59 Å². The molecule has 6 nitrogen and oxygen atoms in total. The topological polar surface area (TPSA) is 97.4 Å². The average Bonchev–Trinajstić information content (AvgIpc) is 3.16. The van der Waals surface area contributed by atoms with Crippen LogP contribution in [-0.4, -0.2) is 17.4 Å². The smallest absolute Gasteiger partial charge is 0.291 e. The first-order valence-corrected chi connectivity index (χ1v) is 8.58. The average molecular weight is 378 g/mol. The van der Waals surface area contributed by atoms with Crippen molar-refractivity contribution in [1.29, 1.82) is 0 Å². The molecule has 0 radical (unpaired) electrons. The Hall–Kier alpha value is -2.31. The van der Waals surface area contributed by atoms with Crippen LogP contribution < -0.4 is 16.4 Å². The molecule has 1 heterocycles. The molecule has 140 valence electrons. The van der Waals surface area contributed by atoms with Crippen molar-refractivity contribution >= 4 is 29.9 Å². The van der Waals surface area contributed by atoms with Crippen LogP contribution in [0.25, 0.3) is 0 Å². The van der Waals surface area contributed by atoms with Gasteiger partial charge in [-0.2, -0.15) is 0 Å². The second-order valence-corrected chi connectivity index (χ2v) is 6.53. The third-order valence-electron chi connectivity index (χ3n) is 4.61. The van der Waals surface area contributed by atoms with Gasteiger partial charge in [0.05, 0.1) is 11.8 Å². The Balaban J connectivity index is 0.00000243. The number of carbonyl (C=O) groups excluding carboxylic acids is 2. The molecule has 7 heteroatoms. The van der Waals surface area contributed by atoms with Crippen LogP contribution in [0.1, 0.15) is 48.2 Å². The van der Waals surface area contributed by atoms with Gasteiger partial charge >= 0.3 is 0 Å². The lowest BCUT2D eigenvalue weighted by molar-refractivity contribution is -0.127. The van der Waals surface area contributed by atoms with E-state index in [1.54, 1.807) is 24.3 Å². The standard InChI is InChI=1S/C19H23N3O3.ClH/c20-19(10-2-1-3-11-19)18(24)21-13-14-6-8-15(9-7-14)22-17(23)16-5-4-12-25-16;/h4-9,12H,1-3,10-11,13,20H2,(H,21,24)(H,22,23);1H. The largest absolute Gasteiger partial charge is 0.459 e. The monoisotopic (exact) mass is 377 g/mol. The highest BCUT2D eigenvalue weighted by atomic mass is 35.5. The Kier molecular flexibility index (Phi) is 6.83. The zero-order valence-electron chi connectivity index (χ0n) is 14.5. The summed E-state index contributed by atoms with van der Waals surface area (Å²) < 4.78 is 5.05. The predicted molar refractivity (Wildman–Crippen MR) is 102 cm³/mol. The van der Waals surface area contributed by atoms with Crippen LogP contribution >= 0.6 is 12.4 Å². The van der Waals surface area contributed by atoms with Gasteiger partial charge in [0.25, 0.3) is 5.91 Å². The van der Waals surface area contributed by atoms with Gasteiger partial charge in [-0.15, -0.1) is 12.4 Å². The number of nitrogens with two attached hydrogens (primary N) is 1. The number of amides is 2. The number of nitrogens with one attached hydrogen (secondary N) is 2. The van der Waals surface area contributed by atoms with E-state index in [9.17, 15) is 9.59 Å². The van der Waals surface area contributed by atoms with Crippen molar-refractivity contribution in [2.45, 2.75) is 44.2 Å². The highest BCUT2D eigenvalue weighted by Gasteiger charge is 2.34. The molecule has 0 aliphatic heterocycles. The maximum absolute atomic E-state index is 12.3. The Morgan fingerprint density at radius 3 is 2.38 bits per heavy atom. The van der Waals surface area contributed by atoms with Gasteiger partial charge in [0.15, 0.2) is 5.76 Å². The zero-order valence-corrected chi connectivity index (χ0v) is 15.3. The van der Waals surface area contributed by atoms with Crippen LogP contribution in [0.2, 0.25) is 0 Å². The molecule has 1 aromatic heterocycles. The van der Waals surface area contributed by atoms with Crippen LogP contribution in [0.3, 0.4) is 0 Å². The quantitative estimate of drug-likeness (QED) is 0.745. The van der Waals surface area contributed by atoms with Crippen LogP contribution in [-0.2, 0) is 11.3 Å². The third-order valence-corrected chi connectivity index (χ3v) is 4.61. The van der Waals surface area contributed by atoms with Crippen molar-refractivity contribution in [2.75, 3.05) is 5.32 Å². The molecule has 0 saturated heterocycles. The minimum absolute atomic E-state index is 0. The third kappa shape index (κ3) is 4.86. The molecule has 0 bridgehead atoms. The fourth-order valence-electron chi connectivity index (χ4n) is 3.07. The molecule has 1 aromatic carbocycles. The molecule has 26 heavy (non-hydrogen) atoms. The van der Waals surface area contributed by atoms with E-state index >= 15 is 0 Å². The van der Waals surface area contributed by atoms with E-state index in [0.29, 0.717) is 12.2 Å². The minimum atomic E-state index is -0.727. The predicted octanol–water partition coefficient (Wildman–Crippen LogP) is 3.23. The molecule has 0 spiro atoms. The highest BCUT2D eigenvalue weighted by Crippen LogP contribution is 2.26. The number of carbonyl (C=O) groups is 2. The van der Waals surface area contributed by atoms with E-state index in [1.807, 2.05) is 12.1 Å². The second kappa shape index (κ2) is 8.87. The molecule has 1 aliphatic carbocycles. The molecule has 2 amide bonds. The van der Waals surface area contributed by atoms with Crippen molar-refractivity contribution in [3.8, 4) is 0 Å². The van der Waals surface area contributed by atoms with E-state index in [-0.39, 0.29) is 30.0 Å². The normalized spacial score (nSPS) is 15.6. The summed E-state index contributed by atoms with van der Waals surface area (Å²) in [5.74, 6) is -0.118. The fourth-order valence-corrected chi connectivity index (χ4v) is 3.07. The Labute approximate surface area is 158 Å². The van der Waals surface area contributed by atoms with Crippen LogP contribution in [0.15, 0.2) is 47.1 Å². The summed E-state index contributed by atoms with van der Waals surface area (Å²) in [6, 6.07) is 10.6. The lowest BCUT2D eigenvalue weighted by atomic mass is 9.82. The van der Waals surface area contributed by atoms with Crippen molar-refractivity contribution < 1.29 is 14.0 Å². The molecule has 1 fully saturated rings. The molecule has 3 rings (SSSR count). The number of furan rings is 1. The summed E-state index contributed by atoms with van der Waals surface area (Å²) in [5, 5.41) is 5.68. The van der Waals surface area contributed by atoms with Crippen molar-refractivity contribution in [3.05, 3.63) is 54.0 Å². The summed E-state index contributed by atoms with van der Waals surface area (Å²) >= 11 is 0. The number of rotatable bonds is 5. The summed E-state index contributed by atoms with van der Waals surface area (Å²) in [6.07, 6.45) is 6.11. The van der Waals surface area contributed by atoms with E-state index in [0.717, 1.165) is 37.7 Å². The summed E-state index contributed by atoms with van der Waals surface area (Å²) in [6.45, 7) is 0.421. The van der Waals surface area contributed by atoms with Gasteiger partial charge in [-0.1, -0.05) is 31.4 Å². The SMILES string of the molecule is Cl.NC1(C(=O)NCc2ccc(NC(=O)c3ccco3)cc2)CCCCC1. The van der Waals surface area contributed by atoms with Crippen molar-refractivity contribution in [3.63, 3.8) is 0 Å². The maximum Gasteiger partial charge on any atom is 0.291 e. The minimum Gasteiger partial charge on any atom is -0.459 e. The van der Waals surface area contributed by atoms with Crippen molar-refractivity contribution in [1.82, 2.24) is 5.32 Å². The van der Waals surface area contributed by atoms with E-state index < -0.39 is 5.54 Å². The van der Waals surface area contributed by atoms with Gasteiger partial charge in [-0.25, -0.2) is 0 Å². The Morgan fingerprint density at radius 1 is 1.08 bits per heavy atom. The van der Waals surface area contributed by atoms with Crippen LogP contribution in [0.4, 0.5) is 5.69 Å². The van der Waals surface area contributed by atoms with E-state index in [4.69, 9.17) is 10.2 Å². The van der Waals surface area contributed by atoms with Gasteiger partial charge in [0.2, 0.25) is 5.91 Å². The van der Waals surface area contributed by atoms with Crippen LogP contribution in [0, 0.1) is 0 Å². The molecular formula is C19H24ClN3O3. The lowest BCUT2D eigenvalue weighted by Gasteiger charge is -2.31. The molecule has 0 atom stereocenters. The first kappa shape index (κ1) is 20.0. The molecule has 0 unspecified atom stereocenters. The Bertz CT molecular complexity index is 723. The zero-order chi connectivity index (χ0) is 17.7. The van der Waals surface area contributed by atoms with Gasteiger partial charge < -0.3 is 20.8 Å². The molecule has 4 N–H and O–H groups in total. The lowest BCUT2D eigenvalue weighted by Crippen LogP contribution is -2.54. The number of anilines is 1. The fraction of sp³-hybridized carbons (Fsp3) is 0.368. The van der Waals surface area contributed by atoms with Crippen molar-refractivity contribution in [2.24, 2.45) is 5.73 Å². The van der Waals surface area contributed by atoms with Crippen LogP contribution in [0.5, 0.6) is 0 Å².